The summed E-state index contributed by atoms with van der Waals surface area (Å²) in [4.78, 5) is 0. The standard InChI is InChI=1S/C36H36.C10H14.3C7H8/c1-6-15-25(4)27-21-22-32-33(24-27)36(28-17-11-9-12-18-28,29-19-13-10-14-20-29)34-23-26(5)31(16-7-2)30(8-3)35(32)34;1-3-9(2)10-7-5-4-6-8-10;3*1-7-5-3-2-4-6-7/h7-14,16-25H,3,6,15H2,1-2,4-5H3;4-9H,3H2,1-2H3;3*2-6H,1H3/b16-7-;;;;/t25-;9-;;;/m11.../s1. The molecular weight excluding hydrogens is 805 g/mol. The van der Waals surface area contributed by atoms with Crippen LogP contribution in [0.2, 0.25) is 0 Å². The normalized spacial score (nSPS) is 12.4. The third-order valence-corrected chi connectivity index (χ3v) is 12.8. The molecule has 0 aliphatic heterocycles. The lowest BCUT2D eigenvalue weighted by Gasteiger charge is -2.34. The topological polar surface area (TPSA) is 0 Å². The molecule has 0 aromatic heterocycles. The van der Waals surface area contributed by atoms with Gasteiger partial charge in [-0.15, -0.1) is 0 Å². The molecule has 0 heterocycles. The van der Waals surface area contributed by atoms with E-state index in [9.17, 15) is 0 Å². The summed E-state index contributed by atoms with van der Waals surface area (Å²) in [5, 5.41) is 0. The van der Waals surface area contributed by atoms with E-state index in [0.717, 1.165) is 0 Å². The maximum Gasteiger partial charge on any atom is 0.0713 e. The molecule has 1 aliphatic carbocycles. The number of allylic oxidation sites excluding steroid dienone is 1. The fraction of sp³-hybridized carbons (Fsp3) is 0.224. The fourth-order valence-corrected chi connectivity index (χ4v) is 8.97. The highest BCUT2D eigenvalue weighted by Gasteiger charge is 2.47. The van der Waals surface area contributed by atoms with Crippen LogP contribution < -0.4 is 0 Å². The lowest BCUT2D eigenvalue weighted by molar-refractivity contribution is 0.662. The molecule has 0 fully saturated rings. The van der Waals surface area contributed by atoms with Gasteiger partial charge in [-0.1, -0.05) is 282 Å². The Morgan fingerprint density at radius 3 is 1.28 bits per heavy atom. The molecule has 2 atom stereocenters. The van der Waals surface area contributed by atoms with Gasteiger partial charge in [-0.3, -0.25) is 0 Å². The quantitative estimate of drug-likeness (QED) is 0.136. The molecule has 0 bridgehead atoms. The summed E-state index contributed by atoms with van der Waals surface area (Å²) >= 11 is 0. The molecule has 67 heavy (non-hydrogen) atoms. The first-order chi connectivity index (χ1) is 32.6. The van der Waals surface area contributed by atoms with Crippen molar-refractivity contribution in [3.8, 4) is 11.1 Å². The molecule has 9 rings (SSSR count). The van der Waals surface area contributed by atoms with E-state index in [1.807, 2.05) is 54.6 Å². The van der Waals surface area contributed by atoms with E-state index in [4.69, 9.17) is 0 Å². The van der Waals surface area contributed by atoms with Crippen LogP contribution >= 0.6 is 0 Å². The molecule has 8 aromatic rings. The van der Waals surface area contributed by atoms with E-state index in [2.05, 4.69) is 239 Å². The third-order valence-electron chi connectivity index (χ3n) is 12.8. The van der Waals surface area contributed by atoms with Crippen LogP contribution in [0.3, 0.4) is 0 Å². The Bertz CT molecular complexity index is 2550. The SMILES string of the molecule is C=Cc1c(/C=C\C)c(C)cc2c1-c1ccc([C@H](C)CCC)cc1C2(c1ccccc1)c1ccccc1.CC[C@@H](C)c1ccccc1.Cc1ccccc1.Cc1ccccc1.Cc1ccccc1. The Kier molecular flexibility index (Phi) is 20.2. The van der Waals surface area contributed by atoms with Gasteiger partial charge in [0.1, 0.15) is 0 Å². The Labute approximate surface area is 405 Å². The molecule has 0 N–H and O–H groups in total. The van der Waals surface area contributed by atoms with Gasteiger partial charge in [0.15, 0.2) is 0 Å². The monoisotopic (exact) mass is 879 g/mol. The number of benzene rings is 8. The van der Waals surface area contributed by atoms with Crippen LogP contribution in [0.1, 0.15) is 132 Å². The average Bonchev–Trinajstić information content (AvgIpc) is 3.66. The van der Waals surface area contributed by atoms with Crippen molar-refractivity contribution >= 4 is 12.2 Å². The van der Waals surface area contributed by atoms with Crippen molar-refractivity contribution in [2.75, 3.05) is 0 Å². The minimum Gasteiger partial charge on any atom is -0.0984 e. The van der Waals surface area contributed by atoms with Crippen molar-refractivity contribution in [1.82, 2.24) is 0 Å². The summed E-state index contributed by atoms with van der Waals surface area (Å²) in [5.74, 6) is 1.23. The molecule has 8 aromatic carbocycles. The molecule has 0 amide bonds. The van der Waals surface area contributed by atoms with Gasteiger partial charge in [0.2, 0.25) is 0 Å². The molecule has 0 saturated carbocycles. The Balaban J connectivity index is 0.000000215. The lowest BCUT2D eigenvalue weighted by Crippen LogP contribution is -2.29. The molecule has 1 aliphatic rings. The van der Waals surface area contributed by atoms with Crippen molar-refractivity contribution in [2.24, 2.45) is 0 Å². The Morgan fingerprint density at radius 1 is 0.478 bits per heavy atom. The van der Waals surface area contributed by atoms with Crippen molar-refractivity contribution in [3.05, 3.63) is 286 Å². The van der Waals surface area contributed by atoms with Crippen LogP contribution in [0.4, 0.5) is 0 Å². The number of hydrogen-bond donors (Lipinski definition) is 0. The lowest BCUT2D eigenvalue weighted by atomic mass is 9.67. The van der Waals surface area contributed by atoms with E-state index < -0.39 is 0 Å². The average molecular weight is 879 g/mol. The van der Waals surface area contributed by atoms with Crippen LogP contribution in [-0.2, 0) is 5.41 Å². The Hall–Kier alpha value is -6.76. The predicted molar refractivity (Wildman–Crippen MR) is 295 cm³/mol. The Morgan fingerprint density at radius 2 is 0.910 bits per heavy atom. The number of hydrogen-bond acceptors (Lipinski definition) is 0. The maximum absolute atomic E-state index is 4.29. The second kappa shape index (κ2) is 26.4. The van der Waals surface area contributed by atoms with Crippen LogP contribution in [-0.4, -0.2) is 0 Å². The first-order valence-electron chi connectivity index (χ1n) is 24.4. The van der Waals surface area contributed by atoms with Crippen LogP contribution in [0.25, 0.3) is 23.3 Å². The molecule has 0 radical (unpaired) electrons. The van der Waals surface area contributed by atoms with Crippen molar-refractivity contribution < 1.29 is 0 Å². The largest absolute Gasteiger partial charge is 0.0984 e. The molecule has 0 unspecified atom stereocenters. The summed E-state index contributed by atoms with van der Waals surface area (Å²) in [5.41, 5.74) is 18.2. The van der Waals surface area contributed by atoms with E-state index in [1.165, 1.54) is 97.2 Å². The number of fused-ring (bicyclic) bond motifs is 3. The highest BCUT2D eigenvalue weighted by Crippen LogP contribution is 2.58. The van der Waals surface area contributed by atoms with Crippen molar-refractivity contribution in [3.63, 3.8) is 0 Å². The summed E-state index contributed by atoms with van der Waals surface area (Å²) in [6.07, 6.45) is 10.0. The summed E-state index contributed by atoms with van der Waals surface area (Å²) in [6, 6.07) is 73.3. The van der Waals surface area contributed by atoms with E-state index in [1.54, 1.807) is 0 Å². The zero-order chi connectivity index (χ0) is 48.0. The zero-order valence-electron chi connectivity index (χ0n) is 41.8. The third kappa shape index (κ3) is 13.4. The second-order valence-electron chi connectivity index (χ2n) is 17.8. The minimum absolute atomic E-state index is 0.383. The van der Waals surface area contributed by atoms with Gasteiger partial charge in [-0.2, -0.15) is 0 Å². The van der Waals surface area contributed by atoms with Gasteiger partial charge in [0.25, 0.3) is 0 Å². The van der Waals surface area contributed by atoms with Crippen LogP contribution in [0.15, 0.2) is 219 Å². The van der Waals surface area contributed by atoms with E-state index in [0.29, 0.717) is 11.8 Å². The second-order valence-corrected chi connectivity index (χ2v) is 17.8. The predicted octanol–water partition coefficient (Wildman–Crippen LogP) is 19.1. The fourth-order valence-electron chi connectivity index (χ4n) is 8.97. The first-order valence-corrected chi connectivity index (χ1v) is 24.4. The molecular formula is C67H74. The van der Waals surface area contributed by atoms with Crippen molar-refractivity contribution in [2.45, 2.75) is 98.8 Å². The van der Waals surface area contributed by atoms with Crippen LogP contribution in [0.5, 0.6) is 0 Å². The van der Waals surface area contributed by atoms with Gasteiger partial charge in [-0.05, 0) is 120 Å². The first kappa shape index (κ1) is 51.2. The molecule has 0 heteroatoms. The van der Waals surface area contributed by atoms with Crippen LogP contribution in [0, 0.1) is 27.7 Å². The maximum atomic E-state index is 4.29. The smallest absolute Gasteiger partial charge is 0.0713 e. The van der Waals surface area contributed by atoms with Crippen molar-refractivity contribution in [1.29, 1.82) is 0 Å². The minimum atomic E-state index is -0.383. The van der Waals surface area contributed by atoms with Gasteiger partial charge < -0.3 is 0 Å². The van der Waals surface area contributed by atoms with E-state index >= 15 is 0 Å². The number of aryl methyl sites for hydroxylation is 4. The molecule has 0 spiro atoms. The molecule has 342 valence electrons. The molecule has 0 saturated heterocycles. The zero-order valence-corrected chi connectivity index (χ0v) is 41.8. The van der Waals surface area contributed by atoms with Gasteiger partial charge in [0, 0.05) is 0 Å². The van der Waals surface area contributed by atoms with Gasteiger partial charge >= 0.3 is 0 Å². The van der Waals surface area contributed by atoms with Gasteiger partial charge in [-0.25, -0.2) is 0 Å². The number of rotatable bonds is 9. The summed E-state index contributed by atoms with van der Waals surface area (Å²) < 4.78 is 0. The highest BCUT2D eigenvalue weighted by atomic mass is 14.5. The van der Waals surface area contributed by atoms with E-state index in [-0.39, 0.29) is 5.41 Å². The van der Waals surface area contributed by atoms with Gasteiger partial charge in [0.05, 0.1) is 5.41 Å². The summed E-state index contributed by atoms with van der Waals surface area (Å²) in [7, 11) is 0. The molecule has 0 nitrogen and oxygen atoms in total. The highest BCUT2D eigenvalue weighted by molar-refractivity contribution is 5.94. The summed E-state index contributed by atoms with van der Waals surface area (Å²) in [6.45, 7) is 24.0.